The van der Waals surface area contributed by atoms with Gasteiger partial charge >= 0.3 is 5.69 Å². The number of imidazole rings is 1. The molecule has 3 N–H and O–H groups in total. The second kappa shape index (κ2) is 4.57. The lowest BCUT2D eigenvalue weighted by Crippen LogP contribution is -2.09. The average molecular weight is 317 g/mol. The van der Waals surface area contributed by atoms with Crippen LogP contribution in [-0.2, 0) is 0 Å². The summed E-state index contributed by atoms with van der Waals surface area (Å²) in [4.78, 5) is 39.2. The minimum Gasteiger partial charge on any atom is -0.300 e. The van der Waals surface area contributed by atoms with Crippen molar-refractivity contribution in [2.24, 2.45) is 0 Å². The Morgan fingerprint density at radius 2 is 1.90 bits per heavy atom. The summed E-state index contributed by atoms with van der Waals surface area (Å²) in [5.41, 5.74) is 0.455. The SMILES string of the molecule is O=c1[nH]c2nc(Sc3nc4ccccc4s3)[nH]c(=O)c2[nH]1. The van der Waals surface area contributed by atoms with Gasteiger partial charge in [0, 0.05) is 0 Å². The third kappa shape index (κ3) is 2.16. The summed E-state index contributed by atoms with van der Waals surface area (Å²) < 4.78 is 1.84. The molecule has 0 saturated carbocycles. The van der Waals surface area contributed by atoms with Gasteiger partial charge in [0.05, 0.1) is 10.2 Å². The van der Waals surface area contributed by atoms with Gasteiger partial charge in [-0.1, -0.05) is 12.1 Å². The molecule has 4 rings (SSSR count). The summed E-state index contributed by atoms with van der Waals surface area (Å²) in [7, 11) is 0. The highest BCUT2D eigenvalue weighted by atomic mass is 32.2. The summed E-state index contributed by atoms with van der Waals surface area (Å²) in [5, 5.41) is 0.391. The Morgan fingerprint density at radius 1 is 1.05 bits per heavy atom. The third-order valence-electron chi connectivity index (χ3n) is 2.83. The van der Waals surface area contributed by atoms with Gasteiger partial charge in [-0.2, -0.15) is 0 Å². The number of rotatable bonds is 2. The Bertz CT molecular complexity index is 1040. The molecule has 0 saturated heterocycles. The van der Waals surface area contributed by atoms with Crippen LogP contribution in [0.15, 0.2) is 43.4 Å². The quantitative estimate of drug-likeness (QED) is 0.488. The molecular weight excluding hydrogens is 310 g/mol. The maximum absolute atomic E-state index is 11.9. The maximum Gasteiger partial charge on any atom is 0.325 e. The number of fused-ring (bicyclic) bond motifs is 2. The van der Waals surface area contributed by atoms with E-state index in [2.05, 4.69) is 24.9 Å². The van der Waals surface area contributed by atoms with Gasteiger partial charge in [0.15, 0.2) is 20.7 Å². The molecule has 0 aliphatic carbocycles. The van der Waals surface area contributed by atoms with E-state index in [1.54, 1.807) is 0 Å². The van der Waals surface area contributed by atoms with Gasteiger partial charge in [-0.15, -0.1) is 11.3 Å². The average Bonchev–Trinajstić information content (AvgIpc) is 3.01. The van der Waals surface area contributed by atoms with E-state index in [1.807, 2.05) is 24.3 Å². The molecule has 1 aromatic carbocycles. The van der Waals surface area contributed by atoms with E-state index in [4.69, 9.17) is 0 Å². The van der Waals surface area contributed by atoms with Gasteiger partial charge in [-0.25, -0.2) is 14.8 Å². The van der Waals surface area contributed by atoms with Crippen LogP contribution < -0.4 is 11.2 Å². The first-order valence-corrected chi connectivity index (χ1v) is 7.58. The van der Waals surface area contributed by atoms with Crippen molar-refractivity contribution in [3.05, 3.63) is 45.1 Å². The highest BCUT2D eigenvalue weighted by Crippen LogP contribution is 2.32. The molecule has 3 heterocycles. The molecule has 0 unspecified atom stereocenters. The van der Waals surface area contributed by atoms with Crippen LogP contribution in [0.5, 0.6) is 0 Å². The smallest absolute Gasteiger partial charge is 0.300 e. The van der Waals surface area contributed by atoms with E-state index in [1.165, 1.54) is 23.1 Å². The Hall–Kier alpha value is -2.39. The van der Waals surface area contributed by atoms with Crippen molar-refractivity contribution in [3.63, 3.8) is 0 Å². The normalized spacial score (nSPS) is 11.4. The number of nitrogens with zero attached hydrogens (tertiary/aromatic N) is 2. The van der Waals surface area contributed by atoms with Gasteiger partial charge in [0.25, 0.3) is 5.56 Å². The molecule has 0 bridgehead atoms. The van der Waals surface area contributed by atoms with Crippen molar-refractivity contribution in [2.45, 2.75) is 9.50 Å². The van der Waals surface area contributed by atoms with Crippen LogP contribution in [0.25, 0.3) is 21.4 Å². The number of hydrogen-bond donors (Lipinski definition) is 3. The van der Waals surface area contributed by atoms with E-state index in [9.17, 15) is 9.59 Å². The predicted molar refractivity (Wildman–Crippen MR) is 81.1 cm³/mol. The number of thiazole rings is 1. The molecule has 0 aliphatic rings. The number of H-pyrrole nitrogens is 3. The molecule has 0 radical (unpaired) electrons. The molecule has 0 spiro atoms. The summed E-state index contributed by atoms with van der Waals surface area (Å²) in [6.45, 7) is 0. The van der Waals surface area contributed by atoms with Crippen molar-refractivity contribution in [2.75, 3.05) is 0 Å². The van der Waals surface area contributed by atoms with E-state index in [0.29, 0.717) is 5.16 Å². The first kappa shape index (κ1) is 12.4. The van der Waals surface area contributed by atoms with E-state index in [-0.39, 0.29) is 16.7 Å². The molecule has 4 aromatic rings. The third-order valence-corrected chi connectivity index (χ3v) is 4.81. The van der Waals surface area contributed by atoms with Crippen molar-refractivity contribution in [1.29, 1.82) is 0 Å². The first-order chi connectivity index (χ1) is 10.2. The molecule has 3 aromatic heterocycles. The molecule has 9 heteroatoms. The van der Waals surface area contributed by atoms with E-state index < -0.39 is 5.69 Å². The highest BCUT2D eigenvalue weighted by Gasteiger charge is 2.10. The lowest BCUT2D eigenvalue weighted by molar-refractivity contribution is 0.964. The fourth-order valence-electron chi connectivity index (χ4n) is 1.94. The van der Waals surface area contributed by atoms with Crippen molar-refractivity contribution < 1.29 is 0 Å². The van der Waals surface area contributed by atoms with Crippen molar-refractivity contribution in [1.82, 2.24) is 24.9 Å². The number of nitrogens with one attached hydrogen (secondary N) is 3. The van der Waals surface area contributed by atoms with Crippen LogP contribution in [-0.4, -0.2) is 24.9 Å². The molecule has 0 atom stereocenters. The predicted octanol–water partition coefficient (Wildman–Crippen LogP) is 1.70. The number of aromatic nitrogens is 5. The standard InChI is InChI=1S/C12H7N5O2S2/c18-9-7-8(15-10(19)14-7)16-11(17-9)21-12-13-5-3-1-2-4-6(5)20-12/h1-4H,(H3,14,15,16,17,18,19). The summed E-state index contributed by atoms with van der Waals surface area (Å²) in [6.07, 6.45) is 0. The summed E-state index contributed by atoms with van der Waals surface area (Å²) in [6, 6.07) is 7.79. The molecular formula is C12H7N5O2S2. The highest BCUT2D eigenvalue weighted by molar-refractivity contribution is 8.01. The molecule has 104 valence electrons. The number of benzene rings is 1. The zero-order valence-electron chi connectivity index (χ0n) is 10.3. The zero-order chi connectivity index (χ0) is 14.4. The molecule has 0 amide bonds. The van der Waals surface area contributed by atoms with Crippen LogP contribution in [0, 0.1) is 0 Å². The Labute approximate surface area is 124 Å². The number of aromatic amines is 3. The van der Waals surface area contributed by atoms with E-state index >= 15 is 0 Å². The Kier molecular flexibility index (Phi) is 2.69. The van der Waals surface area contributed by atoms with Gasteiger partial charge in [-0.3, -0.25) is 19.7 Å². The number of para-hydroxylation sites is 1. The van der Waals surface area contributed by atoms with E-state index in [0.717, 1.165) is 14.6 Å². The largest absolute Gasteiger partial charge is 0.325 e. The first-order valence-electron chi connectivity index (χ1n) is 5.95. The van der Waals surface area contributed by atoms with Crippen molar-refractivity contribution >= 4 is 44.5 Å². The van der Waals surface area contributed by atoms with Crippen LogP contribution >= 0.6 is 23.1 Å². The maximum atomic E-state index is 11.9. The van der Waals surface area contributed by atoms with Crippen LogP contribution in [0.4, 0.5) is 0 Å². The fourth-order valence-corrected chi connectivity index (χ4v) is 3.90. The lowest BCUT2D eigenvalue weighted by atomic mass is 10.3. The summed E-state index contributed by atoms with van der Waals surface area (Å²) >= 11 is 2.78. The zero-order valence-corrected chi connectivity index (χ0v) is 12.0. The second-order valence-corrected chi connectivity index (χ2v) is 6.49. The lowest BCUT2D eigenvalue weighted by Gasteiger charge is -1.96. The minimum absolute atomic E-state index is 0.147. The van der Waals surface area contributed by atoms with Gasteiger partial charge in [0.2, 0.25) is 0 Å². The molecule has 0 aliphatic heterocycles. The second-order valence-electron chi connectivity index (χ2n) is 4.22. The van der Waals surface area contributed by atoms with Crippen molar-refractivity contribution in [3.8, 4) is 0 Å². The van der Waals surface area contributed by atoms with Gasteiger partial charge in [0.1, 0.15) is 0 Å². The monoisotopic (exact) mass is 317 g/mol. The van der Waals surface area contributed by atoms with Gasteiger partial charge < -0.3 is 0 Å². The van der Waals surface area contributed by atoms with Crippen LogP contribution in [0.2, 0.25) is 0 Å². The minimum atomic E-state index is -0.454. The molecule has 7 nitrogen and oxygen atoms in total. The Morgan fingerprint density at radius 3 is 2.76 bits per heavy atom. The fraction of sp³-hybridized carbons (Fsp3) is 0. The summed E-state index contributed by atoms with van der Waals surface area (Å²) in [5.74, 6) is 0. The topological polar surface area (TPSA) is 107 Å². The molecule has 21 heavy (non-hydrogen) atoms. The van der Waals surface area contributed by atoms with Crippen LogP contribution in [0.3, 0.4) is 0 Å². The van der Waals surface area contributed by atoms with Gasteiger partial charge in [-0.05, 0) is 23.9 Å². The Balaban J connectivity index is 1.79. The molecule has 0 fully saturated rings. The number of hydrogen-bond acceptors (Lipinski definition) is 6. The van der Waals surface area contributed by atoms with Crippen LogP contribution in [0.1, 0.15) is 0 Å².